The van der Waals surface area contributed by atoms with Crippen LogP contribution in [0.15, 0.2) is 47.4 Å². The van der Waals surface area contributed by atoms with E-state index in [1.807, 2.05) is 57.2 Å². The first-order valence-corrected chi connectivity index (χ1v) is 11.0. The normalized spacial score (nSPS) is 16.0. The van der Waals surface area contributed by atoms with E-state index in [1.54, 1.807) is 12.1 Å². The highest BCUT2D eigenvalue weighted by molar-refractivity contribution is 8.18. The number of aryl methyl sites for hydroxylation is 2. The smallest absolute Gasteiger partial charge is 0.294 e. The molecule has 0 radical (unpaired) electrons. The van der Waals surface area contributed by atoms with Crippen molar-refractivity contribution in [2.75, 3.05) is 11.9 Å². The molecular weight excluding hydrogens is 412 g/mol. The number of hydrogen-bond acceptors (Lipinski definition) is 5. The maximum Gasteiger partial charge on any atom is 0.294 e. The fourth-order valence-corrected chi connectivity index (χ4v) is 3.75. The number of nitrogens with zero attached hydrogens (tertiary/aromatic N) is 1. The Morgan fingerprint density at radius 2 is 1.84 bits per heavy atom. The molecule has 6 nitrogen and oxygen atoms in total. The number of amides is 3. The minimum Gasteiger partial charge on any atom is -0.491 e. The number of carbonyl (C=O) groups is 3. The predicted octanol–water partition coefficient (Wildman–Crippen LogP) is 5.16. The summed E-state index contributed by atoms with van der Waals surface area (Å²) in [5, 5.41) is 2.29. The molecule has 7 heteroatoms. The van der Waals surface area contributed by atoms with Crippen molar-refractivity contribution in [3.05, 3.63) is 64.1 Å². The van der Waals surface area contributed by atoms with Crippen LogP contribution in [-0.4, -0.2) is 34.6 Å². The molecule has 0 bridgehead atoms. The van der Waals surface area contributed by atoms with Crippen molar-refractivity contribution in [3.63, 3.8) is 0 Å². The fourth-order valence-electron chi connectivity index (χ4n) is 2.91. The quantitative estimate of drug-likeness (QED) is 0.605. The number of benzene rings is 2. The summed E-state index contributed by atoms with van der Waals surface area (Å²) in [5.41, 5.74) is 3.58. The second-order valence-electron chi connectivity index (χ2n) is 7.52. The lowest BCUT2D eigenvalue weighted by atomic mass is 10.1. The van der Waals surface area contributed by atoms with Crippen molar-refractivity contribution in [2.24, 2.45) is 0 Å². The Balaban J connectivity index is 1.64. The summed E-state index contributed by atoms with van der Waals surface area (Å²) in [6, 6.07) is 12.9. The van der Waals surface area contributed by atoms with Gasteiger partial charge >= 0.3 is 0 Å². The summed E-state index contributed by atoms with van der Waals surface area (Å²) in [4.78, 5) is 38.6. The molecular formula is C24H26N2O4S. The monoisotopic (exact) mass is 438 g/mol. The Morgan fingerprint density at radius 1 is 1.13 bits per heavy atom. The minimum absolute atomic E-state index is 0.123. The summed E-state index contributed by atoms with van der Waals surface area (Å²) in [5.74, 6) is -0.133. The Hall–Kier alpha value is -3.06. The maximum atomic E-state index is 12.7. The Labute approximate surface area is 186 Å². The molecule has 1 unspecified atom stereocenters. The van der Waals surface area contributed by atoms with Crippen molar-refractivity contribution < 1.29 is 19.1 Å². The van der Waals surface area contributed by atoms with Crippen LogP contribution in [0.4, 0.5) is 10.5 Å². The third-order valence-electron chi connectivity index (χ3n) is 5.06. The van der Waals surface area contributed by atoms with E-state index < -0.39 is 17.1 Å². The summed E-state index contributed by atoms with van der Waals surface area (Å²) in [6.07, 6.45) is 2.68. The molecule has 3 rings (SSSR count). The molecule has 0 saturated carbocycles. The first-order valence-electron chi connectivity index (χ1n) is 10.2. The number of nitrogens with one attached hydrogen (secondary N) is 1. The van der Waals surface area contributed by atoms with Crippen molar-refractivity contribution in [2.45, 2.75) is 40.2 Å². The molecule has 2 aromatic rings. The van der Waals surface area contributed by atoms with Gasteiger partial charge in [0.15, 0.2) is 0 Å². The first-order chi connectivity index (χ1) is 14.8. The van der Waals surface area contributed by atoms with Crippen LogP contribution in [0.3, 0.4) is 0 Å². The van der Waals surface area contributed by atoms with Gasteiger partial charge in [-0.25, -0.2) is 0 Å². The number of anilines is 1. The van der Waals surface area contributed by atoms with Gasteiger partial charge in [-0.1, -0.05) is 25.1 Å². The molecule has 1 aliphatic rings. The van der Waals surface area contributed by atoms with Crippen molar-refractivity contribution in [1.29, 1.82) is 0 Å². The number of rotatable bonds is 7. The molecule has 3 amide bonds. The molecule has 31 heavy (non-hydrogen) atoms. The minimum atomic E-state index is -0.467. The van der Waals surface area contributed by atoms with Crippen molar-refractivity contribution >= 4 is 40.6 Å². The zero-order valence-corrected chi connectivity index (χ0v) is 18.9. The molecule has 1 heterocycles. The van der Waals surface area contributed by atoms with Gasteiger partial charge in [-0.2, -0.15) is 0 Å². The van der Waals surface area contributed by atoms with Crippen molar-refractivity contribution in [3.8, 4) is 5.75 Å². The van der Waals surface area contributed by atoms with E-state index in [2.05, 4.69) is 12.2 Å². The molecule has 162 valence electrons. The van der Waals surface area contributed by atoms with E-state index in [0.717, 1.165) is 45.5 Å². The molecule has 0 aromatic heterocycles. The molecule has 1 saturated heterocycles. The number of imide groups is 1. The maximum absolute atomic E-state index is 12.7. The third-order valence-corrected chi connectivity index (χ3v) is 5.96. The highest BCUT2D eigenvalue weighted by atomic mass is 32.2. The Kier molecular flexibility index (Phi) is 7.17. The average Bonchev–Trinajstić information content (AvgIpc) is 2.99. The van der Waals surface area contributed by atoms with Gasteiger partial charge in [0.25, 0.3) is 11.1 Å². The van der Waals surface area contributed by atoms with Gasteiger partial charge in [0, 0.05) is 5.69 Å². The van der Waals surface area contributed by atoms with Gasteiger partial charge in [0.2, 0.25) is 5.91 Å². The van der Waals surface area contributed by atoms with Crippen LogP contribution in [0.5, 0.6) is 5.75 Å². The van der Waals surface area contributed by atoms with Crippen LogP contribution in [-0.2, 0) is 9.59 Å². The predicted molar refractivity (Wildman–Crippen MR) is 124 cm³/mol. The first kappa shape index (κ1) is 22.6. The van der Waals surface area contributed by atoms with Gasteiger partial charge < -0.3 is 10.1 Å². The van der Waals surface area contributed by atoms with E-state index in [-0.39, 0.29) is 12.6 Å². The SMILES string of the molecule is CCC(C)Oc1ccc(C=C2SC(=O)N(CC(=O)Nc3ccc(C)c(C)c3)C2=O)cc1. The number of ether oxygens (including phenoxy) is 1. The van der Waals surface area contributed by atoms with Gasteiger partial charge in [-0.05, 0) is 86.0 Å². The number of hydrogen-bond donors (Lipinski definition) is 1. The van der Waals surface area contributed by atoms with Crippen LogP contribution in [0, 0.1) is 13.8 Å². The topological polar surface area (TPSA) is 75.7 Å². The van der Waals surface area contributed by atoms with Gasteiger partial charge in [-0.3, -0.25) is 19.3 Å². The van der Waals surface area contributed by atoms with Gasteiger partial charge in [-0.15, -0.1) is 0 Å². The lowest BCUT2D eigenvalue weighted by Gasteiger charge is -2.13. The average molecular weight is 439 g/mol. The summed E-state index contributed by atoms with van der Waals surface area (Å²) >= 11 is 0.835. The Bertz CT molecular complexity index is 1030. The van der Waals surface area contributed by atoms with Crippen LogP contribution in [0.2, 0.25) is 0 Å². The number of thioether (sulfide) groups is 1. The van der Waals surface area contributed by atoms with Crippen LogP contribution in [0.1, 0.15) is 37.0 Å². The molecule has 1 aliphatic heterocycles. The second-order valence-corrected chi connectivity index (χ2v) is 8.51. The van der Waals surface area contributed by atoms with E-state index in [9.17, 15) is 14.4 Å². The lowest BCUT2D eigenvalue weighted by Crippen LogP contribution is -2.36. The van der Waals surface area contributed by atoms with E-state index in [1.165, 1.54) is 0 Å². The largest absolute Gasteiger partial charge is 0.491 e. The second kappa shape index (κ2) is 9.83. The zero-order chi connectivity index (χ0) is 22.5. The fraction of sp³-hybridized carbons (Fsp3) is 0.292. The van der Waals surface area contributed by atoms with E-state index >= 15 is 0 Å². The zero-order valence-electron chi connectivity index (χ0n) is 18.1. The summed E-state index contributed by atoms with van der Waals surface area (Å²) in [7, 11) is 0. The van der Waals surface area contributed by atoms with Gasteiger partial charge in [0.05, 0.1) is 11.0 Å². The number of carbonyl (C=O) groups excluding carboxylic acids is 3. The van der Waals surface area contributed by atoms with Crippen molar-refractivity contribution in [1.82, 2.24) is 4.90 Å². The van der Waals surface area contributed by atoms with E-state index in [4.69, 9.17) is 4.74 Å². The highest BCUT2D eigenvalue weighted by Crippen LogP contribution is 2.32. The molecule has 1 fully saturated rings. The third kappa shape index (κ3) is 5.76. The molecule has 1 atom stereocenters. The van der Waals surface area contributed by atoms with Crippen LogP contribution in [0.25, 0.3) is 6.08 Å². The standard InChI is InChI=1S/C24H26N2O4S/c1-5-17(4)30-20-10-7-18(8-11-20)13-21-23(28)26(24(29)31-21)14-22(27)25-19-9-6-15(2)16(3)12-19/h6-13,17H,5,14H2,1-4H3,(H,25,27). The molecule has 1 N–H and O–H groups in total. The Morgan fingerprint density at radius 3 is 2.48 bits per heavy atom. The highest BCUT2D eigenvalue weighted by Gasteiger charge is 2.36. The van der Waals surface area contributed by atoms with E-state index in [0.29, 0.717) is 10.6 Å². The molecule has 0 aliphatic carbocycles. The summed E-state index contributed by atoms with van der Waals surface area (Å²) in [6.45, 7) is 7.67. The lowest BCUT2D eigenvalue weighted by molar-refractivity contribution is -0.127. The van der Waals surface area contributed by atoms with Crippen LogP contribution >= 0.6 is 11.8 Å². The molecule has 0 spiro atoms. The van der Waals surface area contributed by atoms with Crippen LogP contribution < -0.4 is 10.1 Å². The summed E-state index contributed by atoms with van der Waals surface area (Å²) < 4.78 is 5.75. The van der Waals surface area contributed by atoms with Gasteiger partial charge in [0.1, 0.15) is 12.3 Å². The molecule has 2 aromatic carbocycles.